The van der Waals surface area contributed by atoms with Gasteiger partial charge >= 0.3 is 0 Å². The number of benzene rings is 2. The van der Waals surface area contributed by atoms with Gasteiger partial charge in [0.05, 0.1) is 11.3 Å². The monoisotopic (exact) mass is 349 g/mol. The standard InChI is InChI=1S/C22H24FN3/c23-18-6-3-5-17(15-18)20-7-4-8-22(21(20)16-24)26-13-9-19(10-14-26)25-11-1-2-12-25/h3-8,15,19H,1-2,9-14H2. The van der Waals surface area contributed by atoms with Gasteiger partial charge < -0.3 is 9.80 Å². The molecule has 2 saturated heterocycles. The first-order valence-corrected chi connectivity index (χ1v) is 9.54. The molecule has 0 N–H and O–H groups in total. The second kappa shape index (κ2) is 7.47. The molecular weight excluding hydrogens is 325 g/mol. The third kappa shape index (κ3) is 3.32. The summed E-state index contributed by atoms with van der Waals surface area (Å²) >= 11 is 0. The molecule has 0 amide bonds. The fourth-order valence-electron chi connectivity index (χ4n) is 4.40. The summed E-state index contributed by atoms with van der Waals surface area (Å²) in [5.41, 5.74) is 3.20. The first kappa shape index (κ1) is 17.1. The molecule has 0 aromatic heterocycles. The molecule has 2 fully saturated rings. The average Bonchev–Trinajstić information content (AvgIpc) is 3.22. The van der Waals surface area contributed by atoms with E-state index in [-0.39, 0.29) is 5.82 Å². The van der Waals surface area contributed by atoms with Gasteiger partial charge in [-0.2, -0.15) is 5.26 Å². The van der Waals surface area contributed by atoms with Crippen LogP contribution in [0, 0.1) is 17.1 Å². The molecule has 0 radical (unpaired) electrons. The molecule has 0 aliphatic carbocycles. The molecule has 0 saturated carbocycles. The molecule has 3 nitrogen and oxygen atoms in total. The van der Waals surface area contributed by atoms with Crippen LogP contribution < -0.4 is 4.90 Å². The zero-order valence-electron chi connectivity index (χ0n) is 15.0. The third-order valence-electron chi connectivity index (χ3n) is 5.75. The molecule has 0 spiro atoms. The summed E-state index contributed by atoms with van der Waals surface area (Å²) in [4.78, 5) is 4.96. The van der Waals surface area contributed by atoms with Crippen molar-refractivity contribution >= 4 is 5.69 Å². The first-order chi connectivity index (χ1) is 12.8. The van der Waals surface area contributed by atoms with Gasteiger partial charge in [0.2, 0.25) is 0 Å². The number of halogens is 1. The molecule has 0 atom stereocenters. The number of likely N-dealkylation sites (tertiary alicyclic amines) is 1. The quantitative estimate of drug-likeness (QED) is 0.821. The van der Waals surface area contributed by atoms with E-state index in [0.29, 0.717) is 11.6 Å². The molecule has 4 heteroatoms. The Morgan fingerprint density at radius 3 is 2.38 bits per heavy atom. The zero-order valence-corrected chi connectivity index (χ0v) is 15.0. The predicted molar refractivity (Wildman–Crippen MR) is 103 cm³/mol. The predicted octanol–water partition coefficient (Wildman–Crippen LogP) is 4.43. The molecule has 2 aromatic carbocycles. The number of piperidine rings is 1. The second-order valence-corrected chi connectivity index (χ2v) is 7.28. The second-order valence-electron chi connectivity index (χ2n) is 7.28. The molecule has 2 aromatic rings. The van der Waals surface area contributed by atoms with Gasteiger partial charge in [0.25, 0.3) is 0 Å². The van der Waals surface area contributed by atoms with Crippen LogP contribution in [0.5, 0.6) is 0 Å². The molecule has 134 valence electrons. The van der Waals surface area contributed by atoms with Crippen LogP contribution in [0.15, 0.2) is 42.5 Å². The van der Waals surface area contributed by atoms with E-state index < -0.39 is 0 Å². The Hall–Kier alpha value is -2.38. The van der Waals surface area contributed by atoms with Gasteiger partial charge in [-0.1, -0.05) is 24.3 Å². The number of anilines is 1. The van der Waals surface area contributed by atoms with Crippen LogP contribution in [-0.4, -0.2) is 37.1 Å². The highest BCUT2D eigenvalue weighted by Crippen LogP contribution is 2.33. The molecule has 26 heavy (non-hydrogen) atoms. The van der Waals surface area contributed by atoms with Gasteiger partial charge in [-0.05, 0) is 62.5 Å². The van der Waals surface area contributed by atoms with Crippen LogP contribution in [0.2, 0.25) is 0 Å². The van der Waals surface area contributed by atoms with Crippen LogP contribution in [0.3, 0.4) is 0 Å². The minimum Gasteiger partial charge on any atom is -0.370 e. The van der Waals surface area contributed by atoms with E-state index in [9.17, 15) is 9.65 Å². The largest absolute Gasteiger partial charge is 0.370 e. The lowest BCUT2D eigenvalue weighted by molar-refractivity contribution is 0.208. The van der Waals surface area contributed by atoms with Gasteiger partial charge in [-0.15, -0.1) is 0 Å². The van der Waals surface area contributed by atoms with E-state index in [1.807, 2.05) is 24.3 Å². The van der Waals surface area contributed by atoms with E-state index >= 15 is 0 Å². The fourth-order valence-corrected chi connectivity index (χ4v) is 4.40. The third-order valence-corrected chi connectivity index (χ3v) is 5.75. The molecule has 0 unspecified atom stereocenters. The van der Waals surface area contributed by atoms with Gasteiger partial charge in [0.1, 0.15) is 11.9 Å². The van der Waals surface area contributed by atoms with Gasteiger partial charge in [0.15, 0.2) is 0 Å². The lowest BCUT2D eigenvalue weighted by Crippen LogP contribution is -2.44. The van der Waals surface area contributed by atoms with Crippen LogP contribution >= 0.6 is 0 Å². The van der Waals surface area contributed by atoms with Crippen molar-refractivity contribution in [2.24, 2.45) is 0 Å². The summed E-state index contributed by atoms with van der Waals surface area (Å²) < 4.78 is 13.6. The van der Waals surface area contributed by atoms with Crippen molar-refractivity contribution in [2.45, 2.75) is 31.7 Å². The maximum absolute atomic E-state index is 13.6. The minimum absolute atomic E-state index is 0.275. The Bertz CT molecular complexity index is 812. The van der Waals surface area contributed by atoms with Crippen molar-refractivity contribution in [1.82, 2.24) is 4.90 Å². The van der Waals surface area contributed by atoms with Crippen LogP contribution in [0.4, 0.5) is 10.1 Å². The SMILES string of the molecule is N#Cc1c(-c2cccc(F)c2)cccc1N1CCC(N2CCCC2)CC1. The van der Waals surface area contributed by atoms with E-state index in [0.717, 1.165) is 42.7 Å². The molecule has 0 bridgehead atoms. The maximum atomic E-state index is 13.6. The normalized spacial score (nSPS) is 18.8. The van der Waals surface area contributed by atoms with Crippen molar-refractivity contribution < 1.29 is 4.39 Å². The van der Waals surface area contributed by atoms with Crippen molar-refractivity contribution in [2.75, 3.05) is 31.1 Å². The summed E-state index contributed by atoms with van der Waals surface area (Å²) in [5, 5.41) is 9.81. The number of hydrogen-bond donors (Lipinski definition) is 0. The minimum atomic E-state index is -0.275. The first-order valence-electron chi connectivity index (χ1n) is 9.54. The summed E-state index contributed by atoms with van der Waals surface area (Å²) in [6.07, 6.45) is 4.95. The smallest absolute Gasteiger partial charge is 0.123 e. The summed E-state index contributed by atoms with van der Waals surface area (Å²) in [6, 6.07) is 15.5. The maximum Gasteiger partial charge on any atom is 0.123 e. The average molecular weight is 349 g/mol. The summed E-state index contributed by atoms with van der Waals surface area (Å²) in [6.45, 7) is 4.43. The van der Waals surface area contributed by atoms with E-state index in [4.69, 9.17) is 0 Å². The zero-order chi connectivity index (χ0) is 17.9. The van der Waals surface area contributed by atoms with E-state index in [2.05, 4.69) is 15.9 Å². The van der Waals surface area contributed by atoms with E-state index in [1.165, 1.54) is 38.1 Å². The Kier molecular flexibility index (Phi) is 4.90. The molecule has 2 heterocycles. The Morgan fingerprint density at radius 2 is 1.69 bits per heavy atom. The molecular formula is C22H24FN3. The Labute approximate surface area is 154 Å². The highest BCUT2D eigenvalue weighted by Gasteiger charge is 2.27. The van der Waals surface area contributed by atoms with E-state index in [1.54, 1.807) is 6.07 Å². The van der Waals surface area contributed by atoms with Gasteiger partial charge in [-0.3, -0.25) is 0 Å². The van der Waals surface area contributed by atoms with Crippen molar-refractivity contribution in [1.29, 1.82) is 5.26 Å². The Balaban J connectivity index is 1.58. The van der Waals surface area contributed by atoms with Crippen molar-refractivity contribution in [3.63, 3.8) is 0 Å². The molecule has 2 aliphatic rings. The van der Waals surface area contributed by atoms with Crippen molar-refractivity contribution in [3.05, 3.63) is 53.8 Å². The van der Waals surface area contributed by atoms with Gasteiger partial charge in [-0.25, -0.2) is 4.39 Å². The lowest BCUT2D eigenvalue weighted by Gasteiger charge is -2.38. The van der Waals surface area contributed by atoms with Crippen LogP contribution in [0.25, 0.3) is 11.1 Å². The van der Waals surface area contributed by atoms with Crippen LogP contribution in [0.1, 0.15) is 31.2 Å². The number of nitrogens with zero attached hydrogens (tertiary/aromatic N) is 3. The fraction of sp³-hybridized carbons (Fsp3) is 0.409. The van der Waals surface area contributed by atoms with Crippen LogP contribution in [-0.2, 0) is 0 Å². The summed E-state index contributed by atoms with van der Waals surface area (Å²) in [5.74, 6) is -0.275. The van der Waals surface area contributed by atoms with Crippen molar-refractivity contribution in [3.8, 4) is 17.2 Å². The molecule has 4 rings (SSSR count). The molecule has 2 aliphatic heterocycles. The highest BCUT2D eigenvalue weighted by molar-refractivity contribution is 5.78. The summed E-state index contributed by atoms with van der Waals surface area (Å²) in [7, 11) is 0. The van der Waals surface area contributed by atoms with Gasteiger partial charge in [0, 0.05) is 24.7 Å². The topological polar surface area (TPSA) is 30.3 Å². The lowest BCUT2D eigenvalue weighted by atomic mass is 9.96. The Morgan fingerprint density at radius 1 is 0.962 bits per heavy atom. The highest BCUT2D eigenvalue weighted by atomic mass is 19.1. The number of nitriles is 1. The number of hydrogen-bond acceptors (Lipinski definition) is 3. The number of rotatable bonds is 3.